The average Bonchev–Trinajstić information content (AvgIpc) is 3.18. The maximum atomic E-state index is 5.43. The van der Waals surface area contributed by atoms with Gasteiger partial charge in [-0.15, -0.1) is 6.58 Å². The molecule has 0 radical (unpaired) electrons. The Balaban J connectivity index is 1.59. The first-order valence-electron chi connectivity index (χ1n) is 10.4. The Morgan fingerprint density at radius 3 is 2.76 bits per heavy atom. The lowest BCUT2D eigenvalue weighted by molar-refractivity contribution is 0.0378. The van der Waals surface area contributed by atoms with Crippen LogP contribution in [-0.2, 0) is 11.2 Å². The summed E-state index contributed by atoms with van der Waals surface area (Å²) >= 11 is 0. The first-order chi connectivity index (χ1) is 14.3. The number of rotatable bonds is 8. The van der Waals surface area contributed by atoms with Crippen molar-refractivity contribution in [2.24, 2.45) is 0 Å². The predicted molar refractivity (Wildman–Crippen MR) is 117 cm³/mol. The minimum Gasteiger partial charge on any atom is -0.379 e. The van der Waals surface area contributed by atoms with Gasteiger partial charge in [-0.1, -0.05) is 36.4 Å². The van der Waals surface area contributed by atoms with Crippen LogP contribution >= 0.6 is 0 Å². The third-order valence-corrected chi connectivity index (χ3v) is 5.43. The third-order valence-electron chi connectivity index (χ3n) is 5.43. The van der Waals surface area contributed by atoms with E-state index in [4.69, 9.17) is 9.72 Å². The number of hydrogen-bond acceptors (Lipinski definition) is 5. The van der Waals surface area contributed by atoms with Crippen molar-refractivity contribution in [3.8, 4) is 11.1 Å². The van der Waals surface area contributed by atoms with Gasteiger partial charge in [0.05, 0.1) is 19.4 Å². The number of hydrogen-bond donors (Lipinski definition) is 1. The molecule has 0 atom stereocenters. The number of aromatic nitrogens is 3. The first kappa shape index (κ1) is 19.6. The van der Waals surface area contributed by atoms with Crippen molar-refractivity contribution in [3.05, 3.63) is 60.4 Å². The van der Waals surface area contributed by atoms with Crippen LogP contribution in [-0.4, -0.2) is 58.9 Å². The highest BCUT2D eigenvalue weighted by Gasteiger charge is 2.17. The fraction of sp³-hybridized carbons (Fsp3) is 0.391. The Bertz CT molecular complexity index is 960. The number of nitrogens with one attached hydrogen (secondary N) is 1. The standard InChI is InChI=1S/C23H29N5O/c1-3-8-20-18(2)26-23-21(19-9-5-4-6-10-19)17-25-28(23)22(20)24-11-7-12-27-13-15-29-16-14-27/h3-6,9-10,17,24H,1,7-8,11-16H2,2H3. The van der Waals surface area contributed by atoms with E-state index in [0.29, 0.717) is 0 Å². The molecular formula is C23H29N5O. The Hall–Kier alpha value is -2.70. The van der Waals surface area contributed by atoms with Crippen molar-refractivity contribution < 1.29 is 4.74 Å². The van der Waals surface area contributed by atoms with Crippen LogP contribution in [0, 0.1) is 6.92 Å². The van der Waals surface area contributed by atoms with Crippen LogP contribution in [0.15, 0.2) is 49.2 Å². The molecule has 0 saturated carbocycles. The van der Waals surface area contributed by atoms with E-state index in [2.05, 4.69) is 41.0 Å². The molecule has 0 bridgehead atoms. The van der Waals surface area contributed by atoms with Gasteiger partial charge in [-0.25, -0.2) is 4.98 Å². The Morgan fingerprint density at radius 2 is 2.00 bits per heavy atom. The van der Waals surface area contributed by atoms with E-state index in [9.17, 15) is 0 Å². The van der Waals surface area contributed by atoms with E-state index in [0.717, 1.165) is 86.1 Å². The molecule has 6 nitrogen and oxygen atoms in total. The van der Waals surface area contributed by atoms with Crippen molar-refractivity contribution in [1.82, 2.24) is 19.5 Å². The largest absolute Gasteiger partial charge is 0.379 e. The van der Waals surface area contributed by atoms with Gasteiger partial charge in [0.15, 0.2) is 5.65 Å². The van der Waals surface area contributed by atoms with Crippen LogP contribution in [0.4, 0.5) is 5.82 Å². The van der Waals surface area contributed by atoms with Crippen molar-refractivity contribution in [2.75, 3.05) is 44.7 Å². The summed E-state index contributed by atoms with van der Waals surface area (Å²) in [4.78, 5) is 7.35. The zero-order valence-corrected chi connectivity index (χ0v) is 17.1. The van der Waals surface area contributed by atoms with E-state index >= 15 is 0 Å². The fourth-order valence-corrected chi connectivity index (χ4v) is 3.86. The molecule has 0 aliphatic carbocycles. The molecule has 0 unspecified atom stereocenters. The Labute approximate surface area is 172 Å². The molecule has 3 aromatic rings. The Kier molecular flexibility index (Phi) is 6.22. The SMILES string of the molecule is C=CCc1c(C)nc2c(-c3ccccc3)cnn2c1NCCCN1CCOCC1. The molecule has 1 N–H and O–H groups in total. The van der Waals surface area contributed by atoms with E-state index in [1.165, 1.54) is 0 Å². The number of anilines is 1. The van der Waals surface area contributed by atoms with Crippen LogP contribution in [0.2, 0.25) is 0 Å². The smallest absolute Gasteiger partial charge is 0.165 e. The maximum absolute atomic E-state index is 5.43. The number of allylic oxidation sites excluding steroid dienone is 1. The number of benzene rings is 1. The van der Waals surface area contributed by atoms with Gasteiger partial charge in [0.2, 0.25) is 0 Å². The van der Waals surface area contributed by atoms with Crippen LogP contribution in [0.25, 0.3) is 16.8 Å². The molecule has 6 heteroatoms. The second-order valence-corrected chi connectivity index (χ2v) is 7.41. The average molecular weight is 392 g/mol. The molecule has 1 aromatic carbocycles. The summed E-state index contributed by atoms with van der Waals surface area (Å²) in [6.07, 6.45) is 5.67. The molecular weight excluding hydrogens is 362 g/mol. The lowest BCUT2D eigenvalue weighted by atomic mass is 10.1. The Morgan fingerprint density at radius 1 is 1.21 bits per heavy atom. The van der Waals surface area contributed by atoms with Crippen molar-refractivity contribution in [3.63, 3.8) is 0 Å². The van der Waals surface area contributed by atoms with Gasteiger partial charge in [0.1, 0.15) is 5.82 Å². The van der Waals surface area contributed by atoms with Gasteiger partial charge in [-0.2, -0.15) is 9.61 Å². The number of ether oxygens (including phenoxy) is 1. The van der Waals surface area contributed by atoms with Gasteiger partial charge in [0.25, 0.3) is 0 Å². The van der Waals surface area contributed by atoms with E-state index < -0.39 is 0 Å². The number of fused-ring (bicyclic) bond motifs is 1. The highest BCUT2D eigenvalue weighted by atomic mass is 16.5. The second kappa shape index (κ2) is 9.20. The summed E-state index contributed by atoms with van der Waals surface area (Å²) in [5.74, 6) is 1.02. The monoisotopic (exact) mass is 391 g/mol. The van der Waals surface area contributed by atoms with Gasteiger partial charge < -0.3 is 10.1 Å². The van der Waals surface area contributed by atoms with Crippen LogP contribution in [0.1, 0.15) is 17.7 Å². The predicted octanol–water partition coefficient (Wildman–Crippen LogP) is 3.57. The van der Waals surface area contributed by atoms with Gasteiger partial charge in [-0.3, -0.25) is 4.90 Å². The molecule has 4 rings (SSSR count). The fourth-order valence-electron chi connectivity index (χ4n) is 3.86. The molecule has 1 fully saturated rings. The summed E-state index contributed by atoms with van der Waals surface area (Å²) in [7, 11) is 0. The summed E-state index contributed by atoms with van der Waals surface area (Å²) in [5.41, 5.74) is 5.24. The molecule has 29 heavy (non-hydrogen) atoms. The topological polar surface area (TPSA) is 54.7 Å². The van der Waals surface area contributed by atoms with E-state index in [-0.39, 0.29) is 0 Å². The zero-order chi connectivity index (χ0) is 20.1. The second-order valence-electron chi connectivity index (χ2n) is 7.41. The minimum absolute atomic E-state index is 0.765. The number of morpholine rings is 1. The van der Waals surface area contributed by atoms with Crippen LogP contribution in [0.3, 0.4) is 0 Å². The van der Waals surface area contributed by atoms with Gasteiger partial charge in [0, 0.05) is 36.5 Å². The summed E-state index contributed by atoms with van der Waals surface area (Å²) in [5, 5.41) is 8.32. The number of nitrogens with zero attached hydrogens (tertiary/aromatic N) is 4. The van der Waals surface area contributed by atoms with Crippen molar-refractivity contribution >= 4 is 11.5 Å². The molecule has 3 heterocycles. The van der Waals surface area contributed by atoms with Crippen molar-refractivity contribution in [1.29, 1.82) is 0 Å². The normalized spacial score (nSPS) is 14.9. The molecule has 1 aliphatic rings. The maximum Gasteiger partial charge on any atom is 0.165 e. The summed E-state index contributed by atoms with van der Waals surface area (Å²) in [6.45, 7) is 11.7. The third kappa shape index (κ3) is 4.33. The van der Waals surface area contributed by atoms with Gasteiger partial charge in [-0.05, 0) is 31.9 Å². The highest BCUT2D eigenvalue weighted by Crippen LogP contribution is 2.28. The molecule has 0 amide bonds. The lowest BCUT2D eigenvalue weighted by Gasteiger charge is -2.26. The van der Waals surface area contributed by atoms with E-state index in [1.807, 2.05) is 35.0 Å². The van der Waals surface area contributed by atoms with Gasteiger partial charge >= 0.3 is 0 Å². The van der Waals surface area contributed by atoms with E-state index in [1.54, 1.807) is 0 Å². The molecule has 1 saturated heterocycles. The quantitative estimate of drug-likeness (QED) is 0.470. The van der Waals surface area contributed by atoms with Crippen LogP contribution in [0.5, 0.6) is 0 Å². The number of aryl methyl sites for hydroxylation is 1. The first-order valence-corrected chi connectivity index (χ1v) is 10.4. The van der Waals surface area contributed by atoms with Crippen LogP contribution < -0.4 is 5.32 Å². The molecule has 2 aromatic heterocycles. The molecule has 1 aliphatic heterocycles. The van der Waals surface area contributed by atoms with Crippen molar-refractivity contribution in [2.45, 2.75) is 19.8 Å². The minimum atomic E-state index is 0.765. The molecule has 152 valence electrons. The highest BCUT2D eigenvalue weighted by molar-refractivity contribution is 5.78. The summed E-state index contributed by atoms with van der Waals surface area (Å²) in [6, 6.07) is 10.3. The lowest BCUT2D eigenvalue weighted by Crippen LogP contribution is -2.37. The zero-order valence-electron chi connectivity index (χ0n) is 17.1. The molecule has 0 spiro atoms. The summed E-state index contributed by atoms with van der Waals surface area (Å²) < 4.78 is 7.38.